The molecule has 2 nitrogen and oxygen atoms in total. The van der Waals surface area contributed by atoms with Gasteiger partial charge in [0.1, 0.15) is 0 Å². The molecule has 0 aromatic rings. The smallest absolute Gasteiger partial charge is 0.0207 e. The molecule has 0 unspecified atom stereocenters. The molecule has 2 heteroatoms. The fourth-order valence-corrected chi connectivity index (χ4v) is 1.97. The summed E-state index contributed by atoms with van der Waals surface area (Å²) in [6.07, 6.45) is 8.73. The third kappa shape index (κ3) is 0.940. The Balaban J connectivity index is 2.28. The summed E-state index contributed by atoms with van der Waals surface area (Å²) in [5, 5.41) is 3.37. The Kier molecular flexibility index (Phi) is 1.59. The van der Waals surface area contributed by atoms with Crippen LogP contribution in [0.15, 0.2) is 24.3 Å². The molecule has 1 aliphatic heterocycles. The topological polar surface area (TPSA) is 38.0 Å². The number of rotatable bonds is 1. The molecule has 0 spiro atoms. The van der Waals surface area contributed by atoms with Crippen LogP contribution in [0.2, 0.25) is 0 Å². The predicted molar refractivity (Wildman–Crippen MR) is 46.1 cm³/mol. The molecule has 2 atom stereocenters. The quantitative estimate of drug-likeness (QED) is 0.563. The monoisotopic (exact) mass is 150 g/mol. The second-order valence-electron chi connectivity index (χ2n) is 3.42. The predicted octanol–water partition coefficient (Wildman–Crippen LogP) is 0.277. The maximum absolute atomic E-state index is 5.75. The first kappa shape index (κ1) is 7.07. The zero-order valence-electron chi connectivity index (χ0n) is 6.59. The average Bonchev–Trinajstić information content (AvgIpc) is 2.48. The van der Waals surface area contributed by atoms with Crippen LogP contribution in [-0.4, -0.2) is 19.6 Å². The Morgan fingerprint density at radius 1 is 1.55 bits per heavy atom. The minimum atomic E-state index is 0.231. The second-order valence-corrected chi connectivity index (χ2v) is 3.42. The van der Waals surface area contributed by atoms with Crippen molar-refractivity contribution < 1.29 is 0 Å². The van der Waals surface area contributed by atoms with Gasteiger partial charge in [-0.05, 0) is 0 Å². The van der Waals surface area contributed by atoms with E-state index in [0.29, 0.717) is 5.92 Å². The van der Waals surface area contributed by atoms with E-state index in [0.717, 1.165) is 19.6 Å². The van der Waals surface area contributed by atoms with Crippen molar-refractivity contribution in [2.45, 2.75) is 0 Å². The highest BCUT2D eigenvalue weighted by molar-refractivity contribution is 5.23. The van der Waals surface area contributed by atoms with Gasteiger partial charge in [0.15, 0.2) is 0 Å². The normalized spacial score (nSPS) is 41.0. The number of nitrogens with one attached hydrogen (secondary N) is 1. The van der Waals surface area contributed by atoms with Gasteiger partial charge in [0.05, 0.1) is 0 Å². The van der Waals surface area contributed by atoms with Crippen molar-refractivity contribution >= 4 is 0 Å². The van der Waals surface area contributed by atoms with Gasteiger partial charge in [0.25, 0.3) is 0 Å². The van der Waals surface area contributed by atoms with E-state index in [2.05, 4.69) is 29.6 Å². The molecule has 1 aliphatic carbocycles. The van der Waals surface area contributed by atoms with Crippen molar-refractivity contribution in [2.75, 3.05) is 19.6 Å². The van der Waals surface area contributed by atoms with E-state index in [1.54, 1.807) is 0 Å². The minimum absolute atomic E-state index is 0.231. The van der Waals surface area contributed by atoms with Gasteiger partial charge in [-0.15, -0.1) is 0 Å². The molecule has 1 saturated heterocycles. The van der Waals surface area contributed by atoms with E-state index in [9.17, 15) is 0 Å². The molecular formula is C9H14N2. The third-order valence-corrected chi connectivity index (χ3v) is 2.82. The number of allylic oxidation sites excluding steroid dienone is 2. The summed E-state index contributed by atoms with van der Waals surface area (Å²) in [5.41, 5.74) is 5.98. The van der Waals surface area contributed by atoms with Crippen LogP contribution in [0.4, 0.5) is 0 Å². The first-order chi connectivity index (χ1) is 5.37. The number of hydrogen-bond acceptors (Lipinski definition) is 2. The van der Waals surface area contributed by atoms with Crippen LogP contribution in [-0.2, 0) is 0 Å². The van der Waals surface area contributed by atoms with Crippen molar-refractivity contribution in [3.63, 3.8) is 0 Å². The van der Waals surface area contributed by atoms with Crippen molar-refractivity contribution in [2.24, 2.45) is 17.1 Å². The molecule has 0 saturated carbocycles. The van der Waals surface area contributed by atoms with Crippen LogP contribution in [0.25, 0.3) is 0 Å². The summed E-state index contributed by atoms with van der Waals surface area (Å²) in [4.78, 5) is 0. The number of fused-ring (bicyclic) bond motifs is 1. The SMILES string of the molecule is NC[C@@]12C=CC=C[C@@H]1CNC2. The minimum Gasteiger partial charge on any atom is -0.330 e. The van der Waals surface area contributed by atoms with Gasteiger partial charge in [-0.25, -0.2) is 0 Å². The Bertz CT molecular complexity index is 208. The fraction of sp³-hybridized carbons (Fsp3) is 0.556. The molecule has 11 heavy (non-hydrogen) atoms. The Hall–Kier alpha value is -0.600. The lowest BCUT2D eigenvalue weighted by Gasteiger charge is -2.29. The highest BCUT2D eigenvalue weighted by Crippen LogP contribution is 2.35. The zero-order chi connectivity index (χ0) is 7.73. The van der Waals surface area contributed by atoms with Gasteiger partial charge in [0, 0.05) is 31.0 Å². The van der Waals surface area contributed by atoms with E-state index < -0.39 is 0 Å². The lowest BCUT2D eigenvalue weighted by atomic mass is 9.75. The molecule has 2 aliphatic rings. The highest BCUT2D eigenvalue weighted by Gasteiger charge is 2.38. The Morgan fingerprint density at radius 2 is 2.45 bits per heavy atom. The molecule has 1 fully saturated rings. The number of nitrogens with two attached hydrogens (primary N) is 1. The molecule has 3 N–H and O–H groups in total. The summed E-state index contributed by atoms with van der Waals surface area (Å²) in [6, 6.07) is 0. The maximum atomic E-state index is 5.75. The van der Waals surface area contributed by atoms with E-state index in [4.69, 9.17) is 5.73 Å². The third-order valence-electron chi connectivity index (χ3n) is 2.82. The second kappa shape index (κ2) is 2.47. The highest BCUT2D eigenvalue weighted by atomic mass is 14.9. The summed E-state index contributed by atoms with van der Waals surface area (Å²) >= 11 is 0. The van der Waals surface area contributed by atoms with E-state index in [1.165, 1.54) is 0 Å². The van der Waals surface area contributed by atoms with E-state index >= 15 is 0 Å². The zero-order valence-corrected chi connectivity index (χ0v) is 6.59. The van der Waals surface area contributed by atoms with Gasteiger partial charge in [-0.2, -0.15) is 0 Å². The van der Waals surface area contributed by atoms with Crippen LogP contribution < -0.4 is 11.1 Å². The first-order valence-corrected chi connectivity index (χ1v) is 4.14. The van der Waals surface area contributed by atoms with Gasteiger partial charge in [-0.3, -0.25) is 0 Å². The standard InChI is InChI=1S/C9H14N2/c10-6-9-4-2-1-3-8(9)5-11-7-9/h1-4,8,11H,5-7,10H2/t8-,9-/m1/s1. The van der Waals surface area contributed by atoms with Crippen LogP contribution in [0, 0.1) is 11.3 Å². The summed E-state index contributed by atoms with van der Waals surface area (Å²) < 4.78 is 0. The summed E-state index contributed by atoms with van der Waals surface area (Å²) in [5.74, 6) is 0.623. The maximum Gasteiger partial charge on any atom is 0.0207 e. The summed E-state index contributed by atoms with van der Waals surface area (Å²) in [7, 11) is 0. The number of hydrogen-bond donors (Lipinski definition) is 2. The van der Waals surface area contributed by atoms with E-state index in [1.807, 2.05) is 0 Å². The van der Waals surface area contributed by atoms with Crippen molar-refractivity contribution in [1.29, 1.82) is 0 Å². The average molecular weight is 150 g/mol. The molecule has 1 heterocycles. The van der Waals surface area contributed by atoms with Crippen molar-refractivity contribution in [3.8, 4) is 0 Å². The van der Waals surface area contributed by atoms with Gasteiger partial charge >= 0.3 is 0 Å². The van der Waals surface area contributed by atoms with Crippen molar-refractivity contribution in [3.05, 3.63) is 24.3 Å². The van der Waals surface area contributed by atoms with Gasteiger partial charge in [-0.1, -0.05) is 24.3 Å². The van der Waals surface area contributed by atoms with Gasteiger partial charge < -0.3 is 11.1 Å². The van der Waals surface area contributed by atoms with Crippen molar-refractivity contribution in [1.82, 2.24) is 5.32 Å². The van der Waals surface area contributed by atoms with Gasteiger partial charge in [0.2, 0.25) is 0 Å². The molecule has 0 aromatic heterocycles. The molecule has 0 amide bonds. The van der Waals surface area contributed by atoms with Crippen LogP contribution in [0.3, 0.4) is 0 Å². The Morgan fingerprint density at radius 3 is 3.18 bits per heavy atom. The lowest BCUT2D eigenvalue weighted by Crippen LogP contribution is -2.36. The van der Waals surface area contributed by atoms with Crippen LogP contribution in [0.1, 0.15) is 0 Å². The Labute approximate surface area is 67.2 Å². The summed E-state index contributed by atoms with van der Waals surface area (Å²) in [6.45, 7) is 2.87. The molecule has 2 rings (SSSR count). The molecule has 60 valence electrons. The van der Waals surface area contributed by atoms with Crippen LogP contribution >= 0.6 is 0 Å². The van der Waals surface area contributed by atoms with E-state index in [-0.39, 0.29) is 5.41 Å². The first-order valence-electron chi connectivity index (χ1n) is 4.14. The van der Waals surface area contributed by atoms with Crippen LogP contribution in [0.5, 0.6) is 0 Å². The molecular weight excluding hydrogens is 136 g/mol. The fourth-order valence-electron chi connectivity index (χ4n) is 1.97. The molecule has 0 bridgehead atoms. The largest absolute Gasteiger partial charge is 0.330 e. The lowest BCUT2D eigenvalue weighted by molar-refractivity contribution is 0.363. The molecule has 0 radical (unpaired) electrons. The molecule has 0 aromatic carbocycles.